The van der Waals surface area contributed by atoms with Gasteiger partial charge in [0.25, 0.3) is 0 Å². The van der Waals surface area contributed by atoms with Crippen LogP contribution < -0.4 is 5.73 Å². The summed E-state index contributed by atoms with van der Waals surface area (Å²) in [5, 5.41) is 17.2. The van der Waals surface area contributed by atoms with Crippen LogP contribution in [0.1, 0.15) is 0 Å². The van der Waals surface area contributed by atoms with Crippen LogP contribution >= 0.6 is 39.3 Å². The fourth-order valence-electron chi connectivity index (χ4n) is 1.38. The second-order valence-corrected chi connectivity index (χ2v) is 5.69. The van der Waals surface area contributed by atoms with Crippen LogP contribution in [-0.4, -0.2) is 31.6 Å². The molecule has 100 valence electrons. The second-order valence-electron chi connectivity index (χ2n) is 3.45. The summed E-state index contributed by atoms with van der Waals surface area (Å²) in [6.07, 6.45) is 0. The molecule has 0 aliphatic carbocycles. The van der Waals surface area contributed by atoms with Crippen molar-refractivity contribution in [3.8, 4) is 5.69 Å². The Labute approximate surface area is 126 Å². The van der Waals surface area contributed by atoms with Crippen molar-refractivity contribution in [2.75, 3.05) is 11.5 Å². The Morgan fingerprint density at radius 3 is 2.95 bits per heavy atom. The van der Waals surface area contributed by atoms with Crippen molar-refractivity contribution in [1.29, 1.82) is 0 Å². The lowest BCUT2D eigenvalue weighted by molar-refractivity contribution is -0.133. The first-order valence-electron chi connectivity index (χ1n) is 5.00. The summed E-state index contributed by atoms with van der Waals surface area (Å²) in [6, 6.07) is 5.18. The fourth-order valence-corrected chi connectivity index (χ4v) is 2.65. The lowest BCUT2D eigenvalue weighted by atomic mass is 10.3. The number of rotatable bonds is 4. The summed E-state index contributed by atoms with van der Waals surface area (Å²) in [5.74, 6) is -0.907. The minimum atomic E-state index is -0.941. The molecule has 0 saturated carbocycles. The third-order valence-electron chi connectivity index (χ3n) is 2.13. The van der Waals surface area contributed by atoms with Gasteiger partial charge in [-0.25, -0.2) is 0 Å². The monoisotopic (exact) mass is 362 g/mol. The molecule has 1 aromatic carbocycles. The van der Waals surface area contributed by atoms with Gasteiger partial charge < -0.3 is 10.8 Å². The number of aromatic nitrogens is 3. The van der Waals surface area contributed by atoms with Gasteiger partial charge in [-0.3, -0.25) is 9.36 Å². The van der Waals surface area contributed by atoms with Gasteiger partial charge in [0.1, 0.15) is 0 Å². The van der Waals surface area contributed by atoms with Crippen LogP contribution in [0.2, 0.25) is 5.02 Å². The molecule has 1 heterocycles. The summed E-state index contributed by atoms with van der Waals surface area (Å²) in [6.45, 7) is 0. The molecular weight excluding hydrogens is 356 g/mol. The predicted molar refractivity (Wildman–Crippen MR) is 76.8 cm³/mol. The molecule has 0 amide bonds. The first-order valence-corrected chi connectivity index (χ1v) is 7.15. The first-order chi connectivity index (χ1) is 8.99. The fraction of sp³-hybridized carbons (Fsp3) is 0.100. The summed E-state index contributed by atoms with van der Waals surface area (Å²) >= 11 is 10.4. The van der Waals surface area contributed by atoms with Gasteiger partial charge in [-0.15, -0.1) is 10.2 Å². The van der Waals surface area contributed by atoms with Gasteiger partial charge in [-0.2, -0.15) is 0 Å². The number of aliphatic carboxylic acids is 1. The van der Waals surface area contributed by atoms with Crippen LogP contribution in [-0.2, 0) is 4.79 Å². The molecule has 6 nitrogen and oxygen atoms in total. The van der Waals surface area contributed by atoms with Gasteiger partial charge in [0.05, 0.1) is 11.4 Å². The molecule has 2 aromatic rings. The number of anilines is 1. The van der Waals surface area contributed by atoms with E-state index in [9.17, 15) is 4.79 Å². The number of carbonyl (C=O) groups is 1. The Kier molecular flexibility index (Phi) is 4.33. The third kappa shape index (κ3) is 3.20. The Balaban J connectivity index is 2.46. The molecule has 19 heavy (non-hydrogen) atoms. The number of thioether (sulfide) groups is 1. The molecule has 0 atom stereocenters. The van der Waals surface area contributed by atoms with E-state index in [2.05, 4.69) is 26.1 Å². The van der Waals surface area contributed by atoms with Gasteiger partial charge >= 0.3 is 5.97 Å². The van der Waals surface area contributed by atoms with Gasteiger partial charge in [-0.1, -0.05) is 23.4 Å². The number of nitrogen functional groups attached to an aromatic ring is 1. The van der Waals surface area contributed by atoms with E-state index in [0.29, 0.717) is 15.9 Å². The van der Waals surface area contributed by atoms with E-state index in [0.717, 1.165) is 16.2 Å². The highest BCUT2D eigenvalue weighted by molar-refractivity contribution is 9.10. The highest BCUT2D eigenvalue weighted by Gasteiger charge is 2.15. The first kappa shape index (κ1) is 14.2. The molecule has 1 aromatic heterocycles. The van der Waals surface area contributed by atoms with Crippen LogP contribution in [0.4, 0.5) is 5.95 Å². The summed E-state index contributed by atoms with van der Waals surface area (Å²) in [7, 11) is 0. The number of hydrogen-bond donors (Lipinski definition) is 2. The third-order valence-corrected chi connectivity index (χ3v) is 3.95. The van der Waals surface area contributed by atoms with Crippen molar-refractivity contribution in [3.05, 3.63) is 27.7 Å². The van der Waals surface area contributed by atoms with E-state index in [1.54, 1.807) is 22.8 Å². The molecule has 3 N–H and O–H groups in total. The zero-order valence-electron chi connectivity index (χ0n) is 9.38. The Hall–Kier alpha value is -1.25. The summed E-state index contributed by atoms with van der Waals surface area (Å²) in [5.41, 5.74) is 6.42. The molecule has 0 unspecified atom stereocenters. The lowest BCUT2D eigenvalue weighted by Gasteiger charge is -2.09. The minimum absolute atomic E-state index is 0.129. The number of nitrogens with zero attached hydrogens (tertiary/aromatic N) is 3. The summed E-state index contributed by atoms with van der Waals surface area (Å²) < 4.78 is 2.30. The lowest BCUT2D eigenvalue weighted by Crippen LogP contribution is -2.05. The Morgan fingerprint density at radius 2 is 2.26 bits per heavy atom. The van der Waals surface area contributed by atoms with Crippen LogP contribution in [0.15, 0.2) is 27.8 Å². The normalized spacial score (nSPS) is 10.6. The number of halogens is 2. The molecule has 0 saturated heterocycles. The molecule has 2 rings (SSSR count). The van der Waals surface area contributed by atoms with Crippen LogP contribution in [0, 0.1) is 0 Å². The molecule has 0 bridgehead atoms. The van der Waals surface area contributed by atoms with Crippen molar-refractivity contribution in [2.45, 2.75) is 5.16 Å². The smallest absolute Gasteiger partial charge is 0.313 e. The molecule has 9 heteroatoms. The zero-order valence-corrected chi connectivity index (χ0v) is 12.5. The number of carboxylic acids is 1. The maximum Gasteiger partial charge on any atom is 0.313 e. The van der Waals surface area contributed by atoms with E-state index < -0.39 is 5.97 Å². The van der Waals surface area contributed by atoms with E-state index in [1.807, 2.05) is 0 Å². The zero-order chi connectivity index (χ0) is 14.0. The van der Waals surface area contributed by atoms with Crippen LogP contribution in [0.25, 0.3) is 5.69 Å². The summed E-state index contributed by atoms with van der Waals surface area (Å²) in [4.78, 5) is 10.6. The molecule has 0 aliphatic heterocycles. The topological polar surface area (TPSA) is 94.0 Å². The number of benzene rings is 1. The maximum absolute atomic E-state index is 10.6. The molecule has 0 spiro atoms. The van der Waals surface area contributed by atoms with E-state index >= 15 is 0 Å². The van der Waals surface area contributed by atoms with Crippen molar-refractivity contribution >= 4 is 51.2 Å². The minimum Gasteiger partial charge on any atom is -0.481 e. The largest absolute Gasteiger partial charge is 0.481 e. The number of carboxylic acid groups (broad SMARTS) is 1. The quantitative estimate of drug-likeness (QED) is 0.810. The second kappa shape index (κ2) is 5.81. The SMILES string of the molecule is Nc1nnc(SCC(=O)O)n1-c1cc(Cl)ccc1Br. The predicted octanol–water partition coefficient (Wildman–Crippen LogP) is 2.44. The van der Waals surface area contributed by atoms with Gasteiger partial charge in [0, 0.05) is 9.50 Å². The van der Waals surface area contributed by atoms with Gasteiger partial charge in [0.2, 0.25) is 5.95 Å². The average molecular weight is 364 g/mol. The highest BCUT2D eigenvalue weighted by Crippen LogP contribution is 2.30. The molecular formula is C10H8BrClN4O2S. The van der Waals surface area contributed by atoms with Gasteiger partial charge in [0.15, 0.2) is 5.16 Å². The van der Waals surface area contributed by atoms with E-state index in [1.165, 1.54) is 0 Å². The van der Waals surface area contributed by atoms with Gasteiger partial charge in [-0.05, 0) is 34.1 Å². The van der Waals surface area contributed by atoms with Crippen LogP contribution in [0.3, 0.4) is 0 Å². The van der Waals surface area contributed by atoms with E-state index in [4.69, 9.17) is 22.4 Å². The molecule has 0 fully saturated rings. The Morgan fingerprint density at radius 1 is 1.53 bits per heavy atom. The van der Waals surface area contributed by atoms with Crippen molar-refractivity contribution in [2.24, 2.45) is 0 Å². The molecule has 0 aliphatic rings. The average Bonchev–Trinajstić information content (AvgIpc) is 2.71. The van der Waals surface area contributed by atoms with E-state index in [-0.39, 0.29) is 11.7 Å². The highest BCUT2D eigenvalue weighted by atomic mass is 79.9. The molecule has 0 radical (unpaired) electrons. The van der Waals surface area contributed by atoms with Crippen molar-refractivity contribution < 1.29 is 9.90 Å². The standard InChI is InChI=1S/C10H8BrClN4O2S/c11-6-2-1-5(12)3-7(6)16-9(13)14-15-10(16)19-4-8(17)18/h1-3H,4H2,(H2,13,14)(H,17,18). The number of hydrogen-bond acceptors (Lipinski definition) is 5. The van der Waals surface area contributed by atoms with Crippen molar-refractivity contribution in [3.63, 3.8) is 0 Å². The van der Waals surface area contributed by atoms with Crippen LogP contribution in [0.5, 0.6) is 0 Å². The number of nitrogens with two attached hydrogens (primary N) is 1. The Bertz CT molecular complexity index is 634. The maximum atomic E-state index is 10.6. The van der Waals surface area contributed by atoms with Crippen molar-refractivity contribution in [1.82, 2.24) is 14.8 Å².